The molecule has 7 atom stereocenters. The fraction of sp³-hybridized carbons (Fsp3) is 0.550. The molecule has 3 fully saturated rings. The van der Waals surface area contributed by atoms with E-state index in [4.69, 9.17) is 0 Å². The van der Waals surface area contributed by atoms with Crippen molar-refractivity contribution in [2.75, 3.05) is 5.32 Å². The van der Waals surface area contributed by atoms with Crippen LogP contribution in [0, 0.1) is 37.5 Å². The lowest BCUT2D eigenvalue weighted by atomic mass is 9.81. The van der Waals surface area contributed by atoms with E-state index in [2.05, 4.69) is 53.1 Å². The van der Waals surface area contributed by atoms with Gasteiger partial charge in [0.15, 0.2) is 0 Å². The summed E-state index contributed by atoms with van der Waals surface area (Å²) in [6.45, 7) is 5.48. The Hall–Kier alpha value is -0.730. The van der Waals surface area contributed by atoms with Gasteiger partial charge in [-0.3, -0.25) is 19.3 Å². The minimum atomic E-state index is -0.837. The number of hydrogen-bond donors (Lipinski definition) is 1. The maximum absolute atomic E-state index is 13.1. The second-order valence-corrected chi connectivity index (χ2v) is 11.1. The van der Waals surface area contributed by atoms with Crippen molar-refractivity contribution in [2.24, 2.45) is 23.7 Å². The Bertz CT molecular complexity index is 858. The molecule has 1 N–H and O–H groups in total. The summed E-state index contributed by atoms with van der Waals surface area (Å²) in [4.78, 5) is 40.6. The van der Waals surface area contributed by atoms with Gasteiger partial charge in [-0.1, -0.05) is 47.8 Å². The first-order valence-electron chi connectivity index (χ1n) is 9.36. The fourth-order valence-electron chi connectivity index (χ4n) is 5.02. The van der Waals surface area contributed by atoms with Gasteiger partial charge in [-0.15, -0.1) is 0 Å². The number of alkyl halides is 2. The molecule has 1 aromatic carbocycles. The molecule has 150 valence electrons. The van der Waals surface area contributed by atoms with Gasteiger partial charge < -0.3 is 5.32 Å². The van der Waals surface area contributed by atoms with Crippen LogP contribution in [0.25, 0.3) is 0 Å². The first-order chi connectivity index (χ1) is 13.1. The topological polar surface area (TPSA) is 66.5 Å². The summed E-state index contributed by atoms with van der Waals surface area (Å²) < 4.78 is 0.970. The number of likely N-dealkylation sites (tertiary alicyclic amines) is 1. The predicted octanol–water partition coefficient (Wildman–Crippen LogP) is 4.17. The van der Waals surface area contributed by atoms with Gasteiger partial charge in [-0.25, -0.2) is 0 Å². The van der Waals surface area contributed by atoms with Gasteiger partial charge in [0.2, 0.25) is 17.7 Å². The molecule has 1 aromatic rings. The van der Waals surface area contributed by atoms with Crippen molar-refractivity contribution in [2.45, 2.75) is 42.9 Å². The lowest BCUT2D eigenvalue weighted by molar-refractivity contribution is -0.146. The van der Waals surface area contributed by atoms with Gasteiger partial charge in [-0.05, 0) is 62.3 Å². The third-order valence-corrected chi connectivity index (χ3v) is 10.6. The summed E-state index contributed by atoms with van der Waals surface area (Å²) in [6.07, 6.45) is 0.879. The van der Waals surface area contributed by atoms with Crippen molar-refractivity contribution in [1.29, 1.82) is 0 Å². The standard InChI is InChI=1S/C20H21Br3N2O3/c1-7-5-13(8(2)4-12(7)21)24-18(26)9(3)25-19(27)14-10-6-11(15(14)20(25)28)17(23)16(10)22/h4-5,9-11,14-17H,6H2,1-3H3,(H,24,26)/t9-,10-,11+,14-,15-,16+,17+/m0/s1. The number of rotatable bonds is 3. The van der Waals surface area contributed by atoms with Gasteiger partial charge in [0.05, 0.1) is 11.8 Å². The highest BCUT2D eigenvalue weighted by Gasteiger charge is 2.67. The third kappa shape index (κ3) is 2.93. The number of aryl methyl sites for hydroxylation is 2. The molecule has 8 heteroatoms. The second-order valence-electron chi connectivity index (χ2n) is 8.13. The molecule has 0 unspecified atom stereocenters. The quantitative estimate of drug-likeness (QED) is 0.434. The molecule has 0 radical (unpaired) electrons. The third-order valence-electron chi connectivity index (χ3n) is 6.55. The van der Waals surface area contributed by atoms with Gasteiger partial charge in [0.1, 0.15) is 6.04 Å². The van der Waals surface area contributed by atoms with Crippen LogP contribution < -0.4 is 5.32 Å². The van der Waals surface area contributed by atoms with Crippen LogP contribution >= 0.6 is 47.8 Å². The highest BCUT2D eigenvalue weighted by molar-refractivity contribution is 9.12. The molecular formula is C20H21Br3N2O3. The van der Waals surface area contributed by atoms with Crippen LogP contribution in [0.4, 0.5) is 5.69 Å². The summed E-state index contributed by atoms with van der Waals surface area (Å²) in [5.41, 5.74) is 2.61. The van der Waals surface area contributed by atoms with E-state index in [1.807, 2.05) is 26.0 Å². The maximum atomic E-state index is 13.1. The number of benzene rings is 1. The van der Waals surface area contributed by atoms with E-state index < -0.39 is 6.04 Å². The number of nitrogens with zero attached hydrogens (tertiary/aromatic N) is 1. The zero-order valence-corrected chi connectivity index (χ0v) is 20.5. The van der Waals surface area contributed by atoms with Crippen molar-refractivity contribution >= 4 is 71.2 Å². The van der Waals surface area contributed by atoms with Crippen molar-refractivity contribution in [3.63, 3.8) is 0 Å². The van der Waals surface area contributed by atoms with Gasteiger partial charge in [-0.2, -0.15) is 0 Å². The molecule has 28 heavy (non-hydrogen) atoms. The zero-order chi connectivity index (χ0) is 20.5. The predicted molar refractivity (Wildman–Crippen MR) is 118 cm³/mol. The van der Waals surface area contributed by atoms with Crippen LogP contribution in [0.15, 0.2) is 16.6 Å². The molecular weight excluding hydrogens is 556 g/mol. The van der Waals surface area contributed by atoms with Gasteiger partial charge >= 0.3 is 0 Å². The Morgan fingerprint density at radius 3 is 2.14 bits per heavy atom. The van der Waals surface area contributed by atoms with Crippen LogP contribution in [-0.2, 0) is 14.4 Å². The fourth-order valence-corrected chi connectivity index (χ4v) is 7.35. The Morgan fingerprint density at radius 1 is 1.07 bits per heavy atom. The second kappa shape index (κ2) is 7.20. The Balaban J connectivity index is 1.55. The largest absolute Gasteiger partial charge is 0.324 e. The summed E-state index contributed by atoms with van der Waals surface area (Å²) >= 11 is 10.8. The smallest absolute Gasteiger partial charge is 0.247 e. The lowest BCUT2D eigenvalue weighted by Crippen LogP contribution is -2.46. The SMILES string of the molecule is Cc1cc(NC(=O)[C@H](C)N2C(=O)[C@H]3[C@@H]4C[C@@H]([C@@H](Br)[C@@H]4Br)[C@@H]3C2=O)c(C)cc1Br. The molecule has 1 heterocycles. The summed E-state index contributed by atoms with van der Waals surface area (Å²) in [5, 5.41) is 2.89. The molecule has 0 aromatic heterocycles. The molecule has 2 bridgehead atoms. The number of carbonyl (C=O) groups excluding carboxylic acids is 3. The number of fused-ring (bicyclic) bond motifs is 5. The average Bonchev–Trinajstić information content (AvgIpc) is 3.24. The first-order valence-corrected chi connectivity index (χ1v) is 12.0. The minimum Gasteiger partial charge on any atom is -0.324 e. The number of halogens is 3. The monoisotopic (exact) mass is 574 g/mol. The Morgan fingerprint density at radius 2 is 1.61 bits per heavy atom. The maximum Gasteiger partial charge on any atom is 0.247 e. The molecule has 4 rings (SSSR count). The minimum absolute atomic E-state index is 0.146. The van der Waals surface area contributed by atoms with Gasteiger partial charge in [0, 0.05) is 19.8 Å². The van der Waals surface area contributed by atoms with Crippen molar-refractivity contribution in [3.8, 4) is 0 Å². The molecule has 1 aliphatic heterocycles. The number of nitrogens with one attached hydrogen (secondary N) is 1. The number of amides is 3. The Labute approximate surface area is 189 Å². The summed E-state index contributed by atoms with van der Waals surface area (Å²) in [7, 11) is 0. The summed E-state index contributed by atoms with van der Waals surface area (Å²) in [5.74, 6) is -1.05. The van der Waals surface area contributed by atoms with E-state index >= 15 is 0 Å². The molecule has 3 amide bonds. The number of hydrogen-bond acceptors (Lipinski definition) is 3. The molecule has 1 saturated heterocycles. The zero-order valence-electron chi connectivity index (χ0n) is 15.7. The van der Waals surface area contributed by atoms with E-state index in [1.54, 1.807) is 6.92 Å². The summed E-state index contributed by atoms with van der Waals surface area (Å²) in [6, 6.07) is 2.99. The Kier molecular flexibility index (Phi) is 5.28. The van der Waals surface area contributed by atoms with Crippen LogP contribution in [0.5, 0.6) is 0 Å². The average molecular weight is 577 g/mol. The van der Waals surface area contributed by atoms with Crippen LogP contribution in [0.2, 0.25) is 0 Å². The van der Waals surface area contributed by atoms with Crippen LogP contribution in [0.1, 0.15) is 24.5 Å². The highest BCUT2D eigenvalue weighted by atomic mass is 79.9. The molecule has 3 aliphatic rings. The van der Waals surface area contributed by atoms with E-state index in [0.717, 1.165) is 22.0 Å². The normalized spacial score (nSPS) is 34.7. The van der Waals surface area contributed by atoms with E-state index in [1.165, 1.54) is 4.90 Å². The van der Waals surface area contributed by atoms with Crippen LogP contribution in [0.3, 0.4) is 0 Å². The highest BCUT2D eigenvalue weighted by Crippen LogP contribution is 2.60. The van der Waals surface area contributed by atoms with Crippen molar-refractivity contribution in [3.05, 3.63) is 27.7 Å². The number of anilines is 1. The van der Waals surface area contributed by atoms with E-state index in [0.29, 0.717) is 5.69 Å². The van der Waals surface area contributed by atoms with Crippen LogP contribution in [-0.4, -0.2) is 38.3 Å². The molecule has 2 saturated carbocycles. The van der Waals surface area contributed by atoms with E-state index in [9.17, 15) is 14.4 Å². The molecule has 2 aliphatic carbocycles. The van der Waals surface area contributed by atoms with Gasteiger partial charge in [0.25, 0.3) is 0 Å². The molecule has 5 nitrogen and oxygen atoms in total. The van der Waals surface area contributed by atoms with Crippen molar-refractivity contribution < 1.29 is 14.4 Å². The van der Waals surface area contributed by atoms with Crippen molar-refractivity contribution in [1.82, 2.24) is 4.90 Å². The number of carbonyl (C=O) groups is 3. The molecule has 0 spiro atoms. The lowest BCUT2D eigenvalue weighted by Gasteiger charge is -2.28. The van der Waals surface area contributed by atoms with E-state index in [-0.39, 0.29) is 51.0 Å². The number of imide groups is 1. The first kappa shape index (κ1) is 20.5.